The van der Waals surface area contributed by atoms with Crippen molar-refractivity contribution >= 4 is 55.3 Å². The molecule has 3 aromatic rings. The van der Waals surface area contributed by atoms with E-state index in [9.17, 15) is 0 Å². The molecular weight excluding hydrogens is 475 g/mol. The normalized spacial score (nSPS) is 11.2. The van der Waals surface area contributed by atoms with E-state index < -0.39 is 0 Å². The Bertz CT molecular complexity index is 880. The Hall–Kier alpha value is -1.42. The van der Waals surface area contributed by atoms with Crippen molar-refractivity contribution in [2.45, 2.75) is 39.5 Å². The first-order valence-corrected chi connectivity index (χ1v) is 13.8. The van der Waals surface area contributed by atoms with Crippen LogP contribution in [0, 0.1) is 0 Å². The number of nitrogens with zero attached hydrogens (tertiary/aromatic N) is 2. The van der Waals surface area contributed by atoms with Crippen LogP contribution in [0.5, 0.6) is 0 Å². The molecule has 0 radical (unpaired) electrons. The molecule has 160 valence electrons. The molecule has 1 aromatic heterocycles. The minimum atomic E-state index is 0.194. The monoisotopic (exact) mass is 500 g/mol. The van der Waals surface area contributed by atoms with Crippen LogP contribution in [0.4, 0.5) is 11.4 Å². The zero-order chi connectivity index (χ0) is 21.6. The summed E-state index contributed by atoms with van der Waals surface area (Å²) >= 11 is 1.91. The van der Waals surface area contributed by atoms with E-state index >= 15 is 0 Å². The second-order valence-corrected chi connectivity index (χ2v) is 9.54. The summed E-state index contributed by atoms with van der Waals surface area (Å²) in [6.45, 7) is 4.40. The van der Waals surface area contributed by atoms with Crippen molar-refractivity contribution in [1.29, 1.82) is 0 Å². The van der Waals surface area contributed by atoms with Crippen molar-refractivity contribution in [3.63, 3.8) is 0 Å². The predicted octanol–water partition coefficient (Wildman–Crippen LogP) is 8.53. The second kappa shape index (κ2) is 14.6. The van der Waals surface area contributed by atoms with Crippen molar-refractivity contribution in [1.82, 2.24) is 0 Å². The molecule has 1 heterocycles. The Labute approximate surface area is 198 Å². The van der Waals surface area contributed by atoms with Crippen LogP contribution >= 0.6 is 31.5 Å². The van der Waals surface area contributed by atoms with E-state index in [1.165, 1.54) is 11.1 Å². The maximum absolute atomic E-state index is 4.76. The summed E-state index contributed by atoms with van der Waals surface area (Å²) in [7, 11) is 9.53. The van der Waals surface area contributed by atoms with Gasteiger partial charge in [-0.1, -0.05) is 63.1 Å². The van der Waals surface area contributed by atoms with Gasteiger partial charge in [0.1, 0.15) is 0 Å². The molecule has 2 aromatic carbocycles. The summed E-state index contributed by atoms with van der Waals surface area (Å²) in [5, 5.41) is 0. The third kappa shape index (κ3) is 8.37. The van der Waals surface area contributed by atoms with Crippen LogP contribution in [0.15, 0.2) is 70.6 Å². The van der Waals surface area contributed by atoms with Crippen molar-refractivity contribution in [3.05, 3.63) is 81.5 Å². The van der Waals surface area contributed by atoms with Crippen molar-refractivity contribution in [2.75, 3.05) is 0 Å². The summed E-state index contributed by atoms with van der Waals surface area (Å²) in [6.07, 6.45) is 8.31. The van der Waals surface area contributed by atoms with E-state index in [4.69, 9.17) is 30.2 Å². The molecule has 2 nitrogen and oxygen atoms in total. The molecule has 0 atom stereocenters. The fourth-order valence-corrected chi connectivity index (χ4v) is 3.76. The summed E-state index contributed by atoms with van der Waals surface area (Å²) in [5.41, 5.74) is 4.75. The van der Waals surface area contributed by atoms with E-state index in [1.807, 2.05) is 24.6 Å². The van der Waals surface area contributed by atoms with E-state index in [1.54, 1.807) is 11.3 Å². The second-order valence-electron chi connectivity index (χ2n) is 6.56. The van der Waals surface area contributed by atoms with Crippen molar-refractivity contribution < 1.29 is 13.1 Å². The van der Waals surface area contributed by atoms with Crippen LogP contribution in [0.25, 0.3) is 0 Å². The predicted molar refractivity (Wildman–Crippen MR) is 131 cm³/mol. The minimum absolute atomic E-state index is 0.194. The maximum atomic E-state index is 4.76. The number of thiophene rings is 1. The number of hydrogen-bond acceptors (Lipinski definition) is 3. The molecule has 0 aliphatic carbocycles. The molecule has 0 N–H and O–H groups in total. The molecule has 0 fully saturated rings. The number of aliphatic imine (C=N–C) groups is 2. The first-order valence-electron chi connectivity index (χ1n) is 9.90. The van der Waals surface area contributed by atoms with E-state index in [-0.39, 0.29) is 13.1 Å². The molecular formula is C24H26Cl2FeN2S. The Morgan fingerprint density at radius 2 is 1.13 bits per heavy atom. The van der Waals surface area contributed by atoms with Crippen LogP contribution in [0.3, 0.4) is 0 Å². The van der Waals surface area contributed by atoms with Gasteiger partial charge in [-0.25, -0.2) is 0 Å². The molecule has 0 bridgehead atoms. The Morgan fingerprint density at radius 1 is 0.733 bits per heavy atom. The number of benzene rings is 2. The molecule has 6 heteroatoms. The molecule has 0 unspecified atom stereocenters. The van der Waals surface area contributed by atoms with Gasteiger partial charge in [0.25, 0.3) is 0 Å². The average molecular weight is 501 g/mol. The average Bonchev–Trinajstić information content (AvgIpc) is 3.21. The zero-order valence-corrected chi connectivity index (χ0v) is 20.6. The van der Waals surface area contributed by atoms with Crippen molar-refractivity contribution in [3.8, 4) is 0 Å². The van der Waals surface area contributed by atoms with Crippen LogP contribution in [0.1, 0.15) is 47.6 Å². The molecule has 0 amide bonds. The molecule has 0 saturated heterocycles. The van der Waals surface area contributed by atoms with Gasteiger partial charge in [-0.05, 0) is 48.2 Å². The molecule has 0 saturated carbocycles. The summed E-state index contributed by atoms with van der Waals surface area (Å²) in [6, 6.07) is 21.0. The fourth-order valence-electron chi connectivity index (χ4n) is 3.01. The zero-order valence-electron chi connectivity index (χ0n) is 17.2. The van der Waals surface area contributed by atoms with E-state index in [2.05, 4.69) is 62.4 Å². The quantitative estimate of drug-likeness (QED) is 0.218. The SMILES string of the molecule is CCCc1ccccc1N=Cc1ccc(C=Nc2ccccc2CCC)s1.[Cl][Fe][Cl]. The standard InChI is InChI=1S/C24H26N2S.2ClH.Fe/c1-3-9-19-11-5-7-13-23(19)25-17-21-15-16-22(27-21)18-26-24-14-8-6-12-20(24)10-4-2;;;/h5-8,11-18H,3-4,9-10H2,1-2H3;2*1H;/q;;;+2/p-2. The molecule has 0 spiro atoms. The van der Waals surface area contributed by atoms with Gasteiger partial charge in [-0.3, -0.25) is 9.98 Å². The first-order chi connectivity index (χ1) is 14.7. The van der Waals surface area contributed by atoms with Gasteiger partial charge in [0.2, 0.25) is 0 Å². The van der Waals surface area contributed by atoms with Crippen molar-refractivity contribution in [2.24, 2.45) is 9.98 Å². The van der Waals surface area contributed by atoms with Gasteiger partial charge >= 0.3 is 33.3 Å². The molecule has 3 rings (SSSR count). The third-order valence-corrected chi connectivity index (χ3v) is 5.29. The van der Waals surface area contributed by atoms with Crippen LogP contribution in [-0.4, -0.2) is 12.4 Å². The Morgan fingerprint density at radius 3 is 1.53 bits per heavy atom. The number of hydrogen-bond donors (Lipinski definition) is 0. The van der Waals surface area contributed by atoms with E-state index in [0.717, 1.165) is 46.8 Å². The van der Waals surface area contributed by atoms with Crippen LogP contribution in [-0.2, 0) is 26.0 Å². The molecule has 0 aliphatic heterocycles. The number of halogens is 2. The topological polar surface area (TPSA) is 24.7 Å². The first kappa shape index (κ1) is 24.8. The van der Waals surface area contributed by atoms with Gasteiger partial charge in [0.05, 0.1) is 11.4 Å². The van der Waals surface area contributed by atoms with Crippen LogP contribution < -0.4 is 0 Å². The third-order valence-electron chi connectivity index (χ3n) is 4.33. The summed E-state index contributed by atoms with van der Waals surface area (Å²) in [5.74, 6) is 0. The summed E-state index contributed by atoms with van der Waals surface area (Å²) < 4.78 is 0. The van der Waals surface area contributed by atoms with Gasteiger partial charge in [0.15, 0.2) is 0 Å². The van der Waals surface area contributed by atoms with E-state index in [0.29, 0.717) is 0 Å². The Balaban J connectivity index is 0.00000101. The Kier molecular flexibility index (Phi) is 12.1. The molecule has 0 aliphatic rings. The number of aryl methyl sites for hydroxylation is 2. The van der Waals surface area contributed by atoms with Gasteiger partial charge in [0, 0.05) is 22.2 Å². The number of para-hydroxylation sites is 2. The van der Waals surface area contributed by atoms with Gasteiger partial charge in [-0.15, -0.1) is 11.3 Å². The van der Waals surface area contributed by atoms with Gasteiger partial charge < -0.3 is 0 Å². The fraction of sp³-hybridized carbons (Fsp3) is 0.250. The molecule has 30 heavy (non-hydrogen) atoms. The van der Waals surface area contributed by atoms with Gasteiger partial charge in [-0.2, -0.15) is 0 Å². The summed E-state index contributed by atoms with van der Waals surface area (Å²) in [4.78, 5) is 11.7. The number of rotatable bonds is 8. The van der Waals surface area contributed by atoms with Crippen LogP contribution in [0.2, 0.25) is 0 Å².